The molecule has 1 aromatic heterocycles. The molecule has 1 amide bonds. The molecule has 1 fully saturated rings. The first-order valence-electron chi connectivity index (χ1n) is 9.91. The third kappa shape index (κ3) is 5.40. The van der Waals surface area contributed by atoms with E-state index in [-0.39, 0.29) is 23.5 Å². The van der Waals surface area contributed by atoms with Crippen molar-refractivity contribution >= 4 is 17.2 Å². The highest BCUT2D eigenvalue weighted by Crippen LogP contribution is 2.26. The fraction of sp³-hybridized carbons (Fsp3) is 0.545. The zero-order valence-electron chi connectivity index (χ0n) is 17.5. The lowest BCUT2D eigenvalue weighted by atomic mass is 9.98. The Labute approximate surface area is 172 Å². The van der Waals surface area contributed by atoms with Gasteiger partial charge >= 0.3 is 0 Å². The summed E-state index contributed by atoms with van der Waals surface area (Å²) in [5, 5.41) is 4.04. The second kappa shape index (κ2) is 8.72. The Kier molecular flexibility index (Phi) is 6.53. The number of carbonyl (C=O) groups excluding carboxylic acids is 1. The number of aromatic nitrogens is 1. The molecule has 2 aromatic rings. The van der Waals surface area contributed by atoms with Gasteiger partial charge in [0, 0.05) is 31.6 Å². The van der Waals surface area contributed by atoms with Crippen molar-refractivity contribution in [3.8, 4) is 0 Å². The zero-order valence-corrected chi connectivity index (χ0v) is 18.3. The average Bonchev–Trinajstić information content (AvgIpc) is 3.10. The van der Waals surface area contributed by atoms with Crippen LogP contribution in [0.3, 0.4) is 0 Å². The predicted octanol–water partition coefficient (Wildman–Crippen LogP) is 3.98. The molecule has 3 rings (SSSR count). The lowest BCUT2D eigenvalue weighted by Crippen LogP contribution is -2.45. The van der Waals surface area contributed by atoms with Crippen LogP contribution in [0.15, 0.2) is 30.5 Å². The summed E-state index contributed by atoms with van der Waals surface area (Å²) in [6, 6.07) is 8.33. The molecule has 1 aromatic carbocycles. The molecule has 1 N–H and O–H groups in total. The van der Waals surface area contributed by atoms with Crippen LogP contribution in [0, 0.1) is 0 Å². The number of amides is 1. The molecule has 6 heteroatoms. The van der Waals surface area contributed by atoms with Crippen LogP contribution in [-0.2, 0) is 23.2 Å². The molecule has 0 saturated carbocycles. The Morgan fingerprint density at radius 3 is 2.46 bits per heavy atom. The molecule has 0 radical (unpaired) electrons. The van der Waals surface area contributed by atoms with E-state index >= 15 is 0 Å². The van der Waals surface area contributed by atoms with Crippen LogP contribution in [0.25, 0.3) is 0 Å². The Bertz CT molecular complexity index is 802. The van der Waals surface area contributed by atoms with Gasteiger partial charge in [-0.05, 0) is 25.0 Å². The van der Waals surface area contributed by atoms with Gasteiger partial charge < -0.3 is 10.1 Å². The molecule has 2 atom stereocenters. The van der Waals surface area contributed by atoms with Crippen molar-refractivity contribution in [1.82, 2.24) is 15.2 Å². The molecule has 0 bridgehead atoms. The highest BCUT2D eigenvalue weighted by atomic mass is 32.1. The van der Waals surface area contributed by atoms with E-state index in [0.29, 0.717) is 11.4 Å². The standard InChI is InChI=1S/C22H31N3O2S/c1-15-12-25(13-16(2)27-15)14-18-9-7-6-8-17(18)10-23-20(26)19-11-24-21(28-19)22(3,4)5/h6-9,11,15-16H,10,12-14H2,1-5H3,(H,23,26). The van der Waals surface area contributed by atoms with Crippen molar-refractivity contribution < 1.29 is 9.53 Å². The lowest BCUT2D eigenvalue weighted by molar-refractivity contribution is -0.0705. The number of hydrogen-bond donors (Lipinski definition) is 1. The lowest BCUT2D eigenvalue weighted by Gasteiger charge is -2.35. The number of thiazole rings is 1. The van der Waals surface area contributed by atoms with Crippen LogP contribution in [0.5, 0.6) is 0 Å². The van der Waals surface area contributed by atoms with E-state index in [9.17, 15) is 4.79 Å². The normalized spacial score (nSPS) is 20.9. The molecule has 28 heavy (non-hydrogen) atoms. The number of rotatable bonds is 5. The van der Waals surface area contributed by atoms with E-state index in [0.717, 1.165) is 30.2 Å². The average molecular weight is 402 g/mol. The SMILES string of the molecule is CC1CN(Cc2ccccc2CNC(=O)c2cnc(C(C)(C)C)s2)CC(C)O1. The summed E-state index contributed by atoms with van der Waals surface area (Å²) in [5.41, 5.74) is 2.37. The van der Waals surface area contributed by atoms with Crippen LogP contribution in [-0.4, -0.2) is 41.1 Å². The smallest absolute Gasteiger partial charge is 0.263 e. The van der Waals surface area contributed by atoms with E-state index in [1.54, 1.807) is 6.20 Å². The first-order chi connectivity index (χ1) is 13.2. The van der Waals surface area contributed by atoms with Gasteiger partial charge in [0.15, 0.2) is 0 Å². The van der Waals surface area contributed by atoms with Gasteiger partial charge in [-0.3, -0.25) is 9.69 Å². The predicted molar refractivity (Wildman–Crippen MR) is 114 cm³/mol. The van der Waals surface area contributed by atoms with Crippen molar-refractivity contribution in [2.24, 2.45) is 0 Å². The van der Waals surface area contributed by atoms with E-state index in [1.807, 2.05) is 6.07 Å². The van der Waals surface area contributed by atoms with Crippen molar-refractivity contribution in [2.75, 3.05) is 13.1 Å². The highest BCUT2D eigenvalue weighted by Gasteiger charge is 2.23. The van der Waals surface area contributed by atoms with Gasteiger partial charge in [0.2, 0.25) is 0 Å². The summed E-state index contributed by atoms with van der Waals surface area (Å²) in [5.74, 6) is -0.0589. The summed E-state index contributed by atoms with van der Waals surface area (Å²) in [6.45, 7) is 13.8. The Morgan fingerprint density at radius 1 is 1.21 bits per heavy atom. The topological polar surface area (TPSA) is 54.5 Å². The number of benzene rings is 1. The molecule has 5 nitrogen and oxygen atoms in total. The molecule has 2 unspecified atom stereocenters. The summed E-state index contributed by atoms with van der Waals surface area (Å²) < 4.78 is 5.83. The molecule has 1 aliphatic heterocycles. The minimum absolute atomic E-state index is 0.0395. The molecule has 1 saturated heterocycles. The molecule has 152 valence electrons. The Balaban J connectivity index is 1.63. The minimum atomic E-state index is -0.0589. The van der Waals surface area contributed by atoms with Crippen molar-refractivity contribution in [1.29, 1.82) is 0 Å². The van der Waals surface area contributed by atoms with E-state index in [4.69, 9.17) is 4.74 Å². The van der Waals surface area contributed by atoms with Crippen LogP contribution >= 0.6 is 11.3 Å². The van der Waals surface area contributed by atoms with Crippen LogP contribution < -0.4 is 5.32 Å². The fourth-order valence-corrected chi connectivity index (χ4v) is 4.42. The summed E-state index contributed by atoms with van der Waals surface area (Å²) in [6.07, 6.45) is 2.18. The zero-order chi connectivity index (χ0) is 20.3. The summed E-state index contributed by atoms with van der Waals surface area (Å²) >= 11 is 1.47. The van der Waals surface area contributed by atoms with Crippen molar-refractivity contribution in [3.05, 3.63) is 51.5 Å². The van der Waals surface area contributed by atoms with Gasteiger partial charge in [-0.15, -0.1) is 11.3 Å². The number of carbonyl (C=O) groups is 1. The number of nitrogens with zero attached hydrogens (tertiary/aromatic N) is 2. The maximum absolute atomic E-state index is 12.6. The summed E-state index contributed by atoms with van der Waals surface area (Å²) in [4.78, 5) is 20.1. The fourth-order valence-electron chi connectivity index (χ4n) is 3.53. The largest absolute Gasteiger partial charge is 0.373 e. The van der Waals surface area contributed by atoms with Crippen molar-refractivity contribution in [3.63, 3.8) is 0 Å². The van der Waals surface area contributed by atoms with Gasteiger partial charge in [0.05, 0.1) is 23.4 Å². The van der Waals surface area contributed by atoms with Gasteiger partial charge in [0.25, 0.3) is 5.91 Å². The molecular weight excluding hydrogens is 370 g/mol. The van der Waals surface area contributed by atoms with Gasteiger partial charge in [-0.2, -0.15) is 0 Å². The van der Waals surface area contributed by atoms with Gasteiger partial charge in [0.1, 0.15) is 4.88 Å². The number of nitrogens with one attached hydrogen (secondary N) is 1. The third-order valence-corrected chi connectivity index (χ3v) is 6.24. The molecule has 0 aliphatic carbocycles. The quantitative estimate of drug-likeness (QED) is 0.823. The maximum atomic E-state index is 12.6. The number of ether oxygens (including phenoxy) is 1. The van der Waals surface area contributed by atoms with Crippen LogP contribution in [0.1, 0.15) is 60.4 Å². The molecule has 2 heterocycles. The van der Waals surface area contributed by atoms with Crippen LogP contribution in [0.2, 0.25) is 0 Å². The number of hydrogen-bond acceptors (Lipinski definition) is 5. The highest BCUT2D eigenvalue weighted by molar-refractivity contribution is 7.13. The van der Waals surface area contributed by atoms with Gasteiger partial charge in [-0.1, -0.05) is 45.0 Å². The summed E-state index contributed by atoms with van der Waals surface area (Å²) in [7, 11) is 0. The van der Waals surface area contributed by atoms with E-state index in [1.165, 1.54) is 16.9 Å². The van der Waals surface area contributed by atoms with E-state index < -0.39 is 0 Å². The van der Waals surface area contributed by atoms with Gasteiger partial charge in [-0.25, -0.2) is 4.98 Å². The first-order valence-corrected chi connectivity index (χ1v) is 10.7. The second-order valence-corrected chi connectivity index (χ2v) is 9.71. The minimum Gasteiger partial charge on any atom is -0.373 e. The second-order valence-electron chi connectivity index (χ2n) is 8.68. The Hall–Kier alpha value is -1.76. The molecule has 1 aliphatic rings. The molecule has 0 spiro atoms. The number of morpholine rings is 1. The third-order valence-electron chi connectivity index (χ3n) is 4.82. The maximum Gasteiger partial charge on any atom is 0.263 e. The van der Waals surface area contributed by atoms with E-state index in [2.05, 4.69) is 68.0 Å². The first kappa shape index (κ1) is 21.0. The Morgan fingerprint density at radius 2 is 1.86 bits per heavy atom. The van der Waals surface area contributed by atoms with Crippen LogP contribution in [0.4, 0.5) is 0 Å². The molecular formula is C22H31N3O2S. The monoisotopic (exact) mass is 401 g/mol. The van der Waals surface area contributed by atoms with Crippen molar-refractivity contribution in [2.45, 2.75) is 65.3 Å².